The van der Waals surface area contributed by atoms with Crippen LogP contribution in [0.5, 0.6) is 6.01 Å². The normalized spacial score (nSPS) is 17.7. The Labute approximate surface area is 172 Å². The van der Waals surface area contributed by atoms with E-state index in [9.17, 15) is 4.39 Å². The van der Waals surface area contributed by atoms with Crippen LogP contribution in [0.1, 0.15) is 12.8 Å². The molecule has 2 aliphatic rings. The predicted octanol–water partition coefficient (Wildman–Crippen LogP) is 3.32. The third-order valence-corrected chi connectivity index (χ3v) is 6.02. The molecule has 9 heteroatoms. The van der Waals surface area contributed by atoms with Crippen LogP contribution in [-0.2, 0) is 0 Å². The predicted molar refractivity (Wildman–Crippen MR) is 111 cm³/mol. The lowest BCUT2D eigenvalue weighted by atomic mass is 10.2. The van der Waals surface area contributed by atoms with Crippen molar-refractivity contribution in [2.75, 3.05) is 58.3 Å². The minimum absolute atomic E-state index is 0.143. The maximum Gasteiger partial charge on any atom is 0.318 e. The maximum atomic E-state index is 14.4. The molecule has 0 spiro atoms. The minimum Gasteiger partial charge on any atom is -0.467 e. The van der Waals surface area contributed by atoms with Gasteiger partial charge in [0.2, 0.25) is 0 Å². The summed E-state index contributed by atoms with van der Waals surface area (Å²) in [5, 5.41) is 4.15. The van der Waals surface area contributed by atoms with Crippen molar-refractivity contribution < 1.29 is 9.13 Å². The quantitative estimate of drug-likeness (QED) is 0.694. The number of hydrogen-bond donors (Lipinski definition) is 1. The van der Waals surface area contributed by atoms with E-state index in [2.05, 4.69) is 48.1 Å². The van der Waals surface area contributed by atoms with Crippen LogP contribution >= 0.6 is 27.5 Å². The Balaban J connectivity index is 0.000000299. The molecule has 0 bridgehead atoms. The van der Waals surface area contributed by atoms with Crippen molar-refractivity contribution in [2.45, 2.75) is 12.8 Å². The molecule has 1 aromatic carbocycles. The zero-order chi connectivity index (χ0) is 19.4. The number of methoxy groups -OCH3 is 1. The van der Waals surface area contributed by atoms with E-state index in [0.717, 1.165) is 26.2 Å². The monoisotopic (exact) mass is 459 g/mol. The number of nitrogens with zero attached hydrogens (tertiary/aromatic N) is 4. The van der Waals surface area contributed by atoms with Crippen molar-refractivity contribution in [3.63, 3.8) is 0 Å². The van der Waals surface area contributed by atoms with E-state index < -0.39 is 5.82 Å². The van der Waals surface area contributed by atoms with E-state index in [-0.39, 0.29) is 16.0 Å². The first-order chi connectivity index (χ1) is 13.0. The van der Waals surface area contributed by atoms with E-state index in [0.29, 0.717) is 16.2 Å². The summed E-state index contributed by atoms with van der Waals surface area (Å²) in [7, 11) is 3.64. The second-order valence-corrected chi connectivity index (χ2v) is 7.86. The summed E-state index contributed by atoms with van der Waals surface area (Å²) in [5.41, 5.74) is 0.201. The summed E-state index contributed by atoms with van der Waals surface area (Å²) in [6.07, 6.45) is 2.83. The molecule has 2 fully saturated rings. The van der Waals surface area contributed by atoms with Gasteiger partial charge in [0.1, 0.15) is 11.3 Å². The van der Waals surface area contributed by atoms with Crippen LogP contribution in [-0.4, -0.2) is 68.3 Å². The molecular formula is C18H24BrClFN5O. The van der Waals surface area contributed by atoms with Crippen LogP contribution in [0.2, 0.25) is 5.02 Å². The lowest BCUT2D eigenvalue weighted by Gasteiger charge is -2.29. The fourth-order valence-corrected chi connectivity index (χ4v) is 3.72. The fourth-order valence-electron chi connectivity index (χ4n) is 3.22. The number of hydrogen-bond acceptors (Lipinski definition) is 6. The molecule has 3 heterocycles. The third kappa shape index (κ3) is 4.80. The number of fused-ring (bicyclic) bond motifs is 1. The van der Waals surface area contributed by atoms with E-state index in [1.54, 1.807) is 6.07 Å². The number of benzene rings is 1. The van der Waals surface area contributed by atoms with Gasteiger partial charge in [-0.3, -0.25) is 0 Å². The fraction of sp³-hybridized carbons (Fsp3) is 0.556. The maximum absolute atomic E-state index is 14.4. The molecule has 6 nitrogen and oxygen atoms in total. The minimum atomic E-state index is -0.505. The van der Waals surface area contributed by atoms with Crippen LogP contribution in [0.4, 0.5) is 10.2 Å². The van der Waals surface area contributed by atoms with Gasteiger partial charge in [-0.1, -0.05) is 11.6 Å². The smallest absolute Gasteiger partial charge is 0.318 e. The van der Waals surface area contributed by atoms with Crippen molar-refractivity contribution >= 4 is 44.3 Å². The topological polar surface area (TPSA) is 53.5 Å². The van der Waals surface area contributed by atoms with Crippen molar-refractivity contribution in [3.05, 3.63) is 21.4 Å². The molecule has 4 rings (SSSR count). The Morgan fingerprint density at radius 1 is 1.19 bits per heavy atom. The molecule has 2 aromatic rings. The highest BCUT2D eigenvalue weighted by Crippen LogP contribution is 2.36. The molecule has 148 valence electrons. The lowest BCUT2D eigenvalue weighted by molar-refractivity contribution is 0.381. The summed E-state index contributed by atoms with van der Waals surface area (Å²) in [6.45, 7) is 5.90. The number of anilines is 1. The Hall–Kier alpha value is -1.22. The molecule has 0 amide bonds. The first-order valence-electron chi connectivity index (χ1n) is 9.04. The standard InChI is InChI=1S/C13H13BrClFN4O.C5H11N/c1-21-13-18-11-7(6-8(15)9(14)10(11)16)12(19-13)20-4-2-17-3-5-20;1-6-4-2-3-5-6/h6,17H,2-5H2,1H3;2-5H2,1H3. The van der Waals surface area contributed by atoms with Crippen molar-refractivity contribution in [1.82, 2.24) is 20.2 Å². The van der Waals surface area contributed by atoms with Crippen molar-refractivity contribution in [2.24, 2.45) is 0 Å². The van der Waals surface area contributed by atoms with Gasteiger partial charge >= 0.3 is 6.01 Å². The van der Waals surface area contributed by atoms with Gasteiger partial charge in [0.05, 0.1) is 16.6 Å². The second-order valence-electron chi connectivity index (χ2n) is 6.66. The van der Waals surface area contributed by atoms with Gasteiger partial charge in [0.15, 0.2) is 5.82 Å². The summed E-state index contributed by atoms with van der Waals surface area (Å²) >= 11 is 9.21. The third-order valence-electron chi connectivity index (χ3n) is 4.72. The largest absolute Gasteiger partial charge is 0.467 e. The Morgan fingerprint density at radius 3 is 2.41 bits per heavy atom. The number of ether oxygens (including phenoxy) is 1. The number of likely N-dealkylation sites (tertiary alicyclic amines) is 1. The zero-order valence-electron chi connectivity index (χ0n) is 15.6. The summed E-state index contributed by atoms with van der Waals surface area (Å²) in [4.78, 5) is 12.9. The van der Waals surface area contributed by atoms with Crippen molar-refractivity contribution in [1.29, 1.82) is 0 Å². The second kappa shape index (κ2) is 9.32. The molecule has 0 unspecified atom stereocenters. The molecule has 0 radical (unpaired) electrons. The molecule has 0 saturated carbocycles. The molecule has 1 aromatic heterocycles. The van der Waals surface area contributed by atoms with Gasteiger partial charge in [0.25, 0.3) is 0 Å². The zero-order valence-corrected chi connectivity index (χ0v) is 17.9. The molecule has 0 aliphatic carbocycles. The molecule has 27 heavy (non-hydrogen) atoms. The summed E-state index contributed by atoms with van der Waals surface area (Å²) < 4.78 is 19.7. The first kappa shape index (κ1) is 20.5. The number of halogens is 3. The molecular weight excluding hydrogens is 437 g/mol. The van der Waals surface area contributed by atoms with Crippen LogP contribution in [0.3, 0.4) is 0 Å². The molecule has 1 N–H and O–H groups in total. The number of piperazine rings is 1. The van der Waals surface area contributed by atoms with Gasteiger partial charge in [-0.25, -0.2) is 4.39 Å². The number of aromatic nitrogens is 2. The van der Waals surface area contributed by atoms with Gasteiger partial charge in [-0.05, 0) is 55.0 Å². The van der Waals surface area contributed by atoms with Crippen LogP contribution < -0.4 is 15.0 Å². The highest BCUT2D eigenvalue weighted by Gasteiger charge is 2.21. The van der Waals surface area contributed by atoms with Gasteiger partial charge in [-0.15, -0.1) is 0 Å². The van der Waals surface area contributed by atoms with Crippen LogP contribution in [0.15, 0.2) is 10.5 Å². The Bertz CT molecular complexity index is 797. The number of nitrogens with one attached hydrogen (secondary N) is 1. The van der Waals surface area contributed by atoms with E-state index in [1.807, 2.05) is 0 Å². The van der Waals surface area contributed by atoms with Crippen LogP contribution in [0.25, 0.3) is 10.9 Å². The van der Waals surface area contributed by atoms with E-state index >= 15 is 0 Å². The van der Waals surface area contributed by atoms with E-state index in [1.165, 1.54) is 33.0 Å². The lowest BCUT2D eigenvalue weighted by Crippen LogP contribution is -2.44. The number of rotatable bonds is 2. The average molecular weight is 461 g/mol. The highest BCUT2D eigenvalue weighted by molar-refractivity contribution is 9.10. The highest BCUT2D eigenvalue weighted by atomic mass is 79.9. The first-order valence-corrected chi connectivity index (χ1v) is 10.2. The SMILES string of the molecule is CN1CCCC1.COc1nc(N2CCNCC2)c2cc(Cl)c(Br)c(F)c2n1. The summed E-state index contributed by atoms with van der Waals surface area (Å²) in [5.74, 6) is 0.140. The Morgan fingerprint density at radius 2 is 1.85 bits per heavy atom. The molecule has 2 saturated heterocycles. The van der Waals surface area contributed by atoms with Crippen LogP contribution in [0, 0.1) is 5.82 Å². The van der Waals surface area contributed by atoms with E-state index in [4.69, 9.17) is 16.3 Å². The average Bonchev–Trinajstić information content (AvgIpc) is 3.18. The van der Waals surface area contributed by atoms with Gasteiger partial charge in [0, 0.05) is 31.6 Å². The van der Waals surface area contributed by atoms with Gasteiger partial charge in [-0.2, -0.15) is 9.97 Å². The Kier molecular flexibility index (Phi) is 7.08. The molecule has 2 aliphatic heterocycles. The van der Waals surface area contributed by atoms with Crippen molar-refractivity contribution in [3.8, 4) is 6.01 Å². The summed E-state index contributed by atoms with van der Waals surface area (Å²) in [6, 6.07) is 1.82. The van der Waals surface area contributed by atoms with Gasteiger partial charge < -0.3 is 19.9 Å². The molecule has 0 atom stereocenters.